The van der Waals surface area contributed by atoms with Gasteiger partial charge in [0.25, 0.3) is 0 Å². The molecule has 0 aliphatic carbocycles. The van der Waals surface area contributed by atoms with Crippen molar-refractivity contribution >= 4 is 27.4 Å². The Kier molecular flexibility index (Phi) is 3.98. The van der Waals surface area contributed by atoms with Crippen molar-refractivity contribution in [3.8, 4) is 22.6 Å². The maximum absolute atomic E-state index is 13.3. The van der Waals surface area contributed by atoms with Crippen LogP contribution in [-0.4, -0.2) is 12.2 Å². The molecule has 5 nitrogen and oxygen atoms in total. The number of phenols is 1. The second-order valence-corrected chi connectivity index (χ2v) is 7.89. The van der Waals surface area contributed by atoms with E-state index in [1.165, 1.54) is 7.11 Å². The second-order valence-electron chi connectivity index (χ2n) is 7.89. The molecule has 0 fully saturated rings. The number of anilines is 1. The zero-order chi connectivity index (χ0) is 21.8. The number of nitrogens with one attached hydrogen (secondary N) is 1. The highest BCUT2D eigenvalue weighted by molar-refractivity contribution is 6.11. The molecule has 1 aliphatic rings. The summed E-state index contributed by atoms with van der Waals surface area (Å²) >= 11 is 0. The summed E-state index contributed by atoms with van der Waals surface area (Å²) in [6.07, 6.45) is 0. The number of fused-ring (bicyclic) bond motifs is 7. The fraction of sp³-hybridized carbons (Fsp3) is 0.0741. The topological polar surface area (TPSA) is 71.7 Å². The van der Waals surface area contributed by atoms with Crippen molar-refractivity contribution < 1.29 is 14.3 Å². The molecule has 1 aliphatic heterocycles. The molecule has 0 radical (unpaired) electrons. The third-order valence-electron chi connectivity index (χ3n) is 6.15. The summed E-state index contributed by atoms with van der Waals surface area (Å²) in [4.78, 5) is 13.3. The Morgan fingerprint density at radius 3 is 2.53 bits per heavy atom. The monoisotopic (exact) mass is 421 g/mol. The van der Waals surface area contributed by atoms with Gasteiger partial charge in [-0.1, -0.05) is 54.6 Å². The van der Waals surface area contributed by atoms with E-state index in [1.807, 2.05) is 36.4 Å². The Morgan fingerprint density at radius 2 is 1.69 bits per heavy atom. The lowest BCUT2D eigenvalue weighted by atomic mass is 9.83. The molecule has 0 amide bonds. The molecular formula is C27H19NO4. The number of rotatable bonds is 2. The first kappa shape index (κ1) is 18.5. The van der Waals surface area contributed by atoms with Gasteiger partial charge in [0.15, 0.2) is 11.5 Å². The number of methoxy groups -OCH3 is 1. The van der Waals surface area contributed by atoms with Crippen LogP contribution in [0.2, 0.25) is 0 Å². The van der Waals surface area contributed by atoms with Crippen LogP contribution < -0.4 is 15.7 Å². The summed E-state index contributed by atoms with van der Waals surface area (Å²) in [5, 5.41) is 16.7. The molecule has 1 aromatic heterocycles. The van der Waals surface area contributed by atoms with Crippen molar-refractivity contribution in [1.29, 1.82) is 0 Å². The molecule has 1 unspecified atom stereocenters. The molecule has 32 heavy (non-hydrogen) atoms. The maximum Gasteiger partial charge on any atom is 0.342 e. The molecule has 4 aromatic carbocycles. The van der Waals surface area contributed by atoms with Gasteiger partial charge < -0.3 is 19.6 Å². The van der Waals surface area contributed by atoms with Gasteiger partial charge in [0.05, 0.1) is 18.7 Å². The quantitative estimate of drug-likeness (QED) is 0.350. The lowest BCUT2D eigenvalue weighted by molar-refractivity contribution is 0.373. The van der Waals surface area contributed by atoms with Gasteiger partial charge in [-0.3, -0.25) is 0 Å². The van der Waals surface area contributed by atoms with E-state index in [0.29, 0.717) is 16.9 Å². The van der Waals surface area contributed by atoms with Crippen molar-refractivity contribution in [3.05, 3.63) is 100 Å². The minimum absolute atomic E-state index is 0.0456. The summed E-state index contributed by atoms with van der Waals surface area (Å²) in [6.45, 7) is 0. The van der Waals surface area contributed by atoms with Crippen molar-refractivity contribution in [3.63, 3.8) is 0 Å². The highest BCUT2D eigenvalue weighted by atomic mass is 16.5. The number of hydrogen-bond acceptors (Lipinski definition) is 5. The SMILES string of the molecule is COc1cc(C2Nc3ccc4ccccc4c3-c3c2c(=O)oc2ccccc32)ccc1O. The van der Waals surface area contributed by atoms with Crippen LogP contribution in [0, 0.1) is 0 Å². The number of aromatic hydroxyl groups is 1. The van der Waals surface area contributed by atoms with E-state index in [4.69, 9.17) is 9.15 Å². The van der Waals surface area contributed by atoms with Crippen molar-refractivity contribution in [2.45, 2.75) is 6.04 Å². The third kappa shape index (κ3) is 2.61. The Balaban J connectivity index is 1.74. The van der Waals surface area contributed by atoms with Crippen LogP contribution in [0.3, 0.4) is 0 Å². The van der Waals surface area contributed by atoms with Gasteiger partial charge in [0.2, 0.25) is 0 Å². The first-order chi connectivity index (χ1) is 15.7. The van der Waals surface area contributed by atoms with Crippen molar-refractivity contribution in [1.82, 2.24) is 0 Å². The van der Waals surface area contributed by atoms with Crippen molar-refractivity contribution in [2.75, 3.05) is 12.4 Å². The first-order valence-corrected chi connectivity index (χ1v) is 10.4. The highest BCUT2D eigenvalue weighted by Gasteiger charge is 2.32. The molecule has 0 spiro atoms. The third-order valence-corrected chi connectivity index (χ3v) is 6.15. The largest absolute Gasteiger partial charge is 0.504 e. The first-order valence-electron chi connectivity index (χ1n) is 10.4. The zero-order valence-electron chi connectivity index (χ0n) is 17.3. The fourth-order valence-electron chi connectivity index (χ4n) is 4.71. The molecule has 1 atom stereocenters. The van der Waals surface area contributed by atoms with Crippen LogP contribution in [0.25, 0.3) is 32.9 Å². The van der Waals surface area contributed by atoms with Crippen molar-refractivity contribution in [2.24, 2.45) is 0 Å². The standard InChI is InChI=1S/C27H19NO4/c1-31-22-14-16(11-13-20(22)29)26-25-24(18-8-4-5-9-21(18)32-27(25)30)23-17-7-3-2-6-15(17)10-12-19(23)28-26/h2-14,26,28-29H,1H3. The zero-order valence-corrected chi connectivity index (χ0v) is 17.3. The van der Waals surface area contributed by atoms with Crippen LogP contribution in [0.15, 0.2) is 88.1 Å². The van der Waals surface area contributed by atoms with Gasteiger partial charge in [-0.25, -0.2) is 4.79 Å². The van der Waals surface area contributed by atoms with Gasteiger partial charge in [-0.05, 0) is 40.6 Å². The summed E-state index contributed by atoms with van der Waals surface area (Å²) in [7, 11) is 1.50. The van der Waals surface area contributed by atoms with Gasteiger partial charge in [-0.15, -0.1) is 0 Å². The van der Waals surface area contributed by atoms with E-state index in [2.05, 4.69) is 29.6 Å². The Bertz CT molecular complexity index is 1580. The molecular weight excluding hydrogens is 402 g/mol. The lowest BCUT2D eigenvalue weighted by Crippen LogP contribution is -2.25. The predicted octanol–water partition coefficient (Wildman–Crippen LogP) is 5.84. The van der Waals surface area contributed by atoms with Gasteiger partial charge in [0, 0.05) is 22.2 Å². The molecule has 5 aromatic rings. The summed E-state index contributed by atoms with van der Waals surface area (Å²) in [5.41, 5.74) is 4.30. The average Bonchev–Trinajstić information content (AvgIpc) is 2.83. The average molecular weight is 421 g/mol. The molecule has 2 heterocycles. The van der Waals surface area contributed by atoms with Crippen LogP contribution in [0.4, 0.5) is 5.69 Å². The summed E-state index contributed by atoms with van der Waals surface area (Å²) in [5.74, 6) is 0.393. The van der Waals surface area contributed by atoms with Gasteiger partial charge >= 0.3 is 5.63 Å². The maximum atomic E-state index is 13.3. The molecule has 6 rings (SSSR count). The molecule has 0 bridgehead atoms. The Morgan fingerprint density at radius 1 is 0.906 bits per heavy atom. The summed E-state index contributed by atoms with van der Waals surface area (Å²) < 4.78 is 11.1. The van der Waals surface area contributed by atoms with E-state index < -0.39 is 6.04 Å². The minimum atomic E-state index is -0.464. The number of hydrogen-bond donors (Lipinski definition) is 2. The van der Waals surface area contributed by atoms with Crippen LogP contribution in [0.1, 0.15) is 17.2 Å². The van der Waals surface area contributed by atoms with Gasteiger partial charge in [-0.2, -0.15) is 0 Å². The Hall–Kier alpha value is -4.25. The number of para-hydroxylation sites is 1. The molecule has 2 N–H and O–H groups in total. The van der Waals surface area contributed by atoms with E-state index in [0.717, 1.165) is 38.5 Å². The molecule has 0 saturated heterocycles. The smallest absolute Gasteiger partial charge is 0.342 e. The van der Waals surface area contributed by atoms with Crippen LogP contribution in [-0.2, 0) is 0 Å². The number of ether oxygens (including phenoxy) is 1. The van der Waals surface area contributed by atoms with E-state index in [-0.39, 0.29) is 11.4 Å². The van der Waals surface area contributed by atoms with E-state index in [1.54, 1.807) is 18.2 Å². The Labute approximate surface area is 183 Å². The number of phenolic OH excluding ortho intramolecular Hbond substituents is 1. The summed E-state index contributed by atoms with van der Waals surface area (Å²) in [6, 6.07) is 24.6. The molecule has 156 valence electrons. The van der Waals surface area contributed by atoms with Crippen LogP contribution >= 0.6 is 0 Å². The predicted molar refractivity (Wildman–Crippen MR) is 126 cm³/mol. The fourth-order valence-corrected chi connectivity index (χ4v) is 4.71. The number of benzene rings is 4. The lowest BCUT2D eigenvalue weighted by Gasteiger charge is -2.31. The normalized spacial score (nSPS) is 14.6. The highest BCUT2D eigenvalue weighted by Crippen LogP contribution is 2.48. The molecule has 5 heteroatoms. The molecule has 0 saturated carbocycles. The van der Waals surface area contributed by atoms with Gasteiger partial charge in [0.1, 0.15) is 5.58 Å². The second kappa shape index (κ2) is 6.89. The minimum Gasteiger partial charge on any atom is -0.504 e. The van der Waals surface area contributed by atoms with Crippen LogP contribution in [0.5, 0.6) is 11.5 Å². The van der Waals surface area contributed by atoms with E-state index >= 15 is 0 Å². The van der Waals surface area contributed by atoms with E-state index in [9.17, 15) is 9.90 Å².